The Kier molecular flexibility index (Phi) is 12.3. The van der Waals surface area contributed by atoms with Gasteiger partial charge in [-0.05, 0) is 109 Å². The number of carboxylic acids is 1. The third kappa shape index (κ3) is 9.77. The lowest BCUT2D eigenvalue weighted by Gasteiger charge is -2.35. The van der Waals surface area contributed by atoms with E-state index in [-0.39, 0.29) is 18.9 Å². The van der Waals surface area contributed by atoms with E-state index in [2.05, 4.69) is 28.3 Å². The minimum Gasteiger partial charge on any atom is -0.496 e. The van der Waals surface area contributed by atoms with Crippen molar-refractivity contribution in [3.63, 3.8) is 0 Å². The minimum absolute atomic E-state index is 0.111. The number of hydrogen-bond acceptors (Lipinski definition) is 6. The average Bonchev–Trinajstić information content (AvgIpc) is 3.18. The van der Waals surface area contributed by atoms with Gasteiger partial charge in [0, 0.05) is 41.3 Å². The molecule has 1 unspecified atom stereocenters. The molecule has 3 aromatic carbocycles. The van der Waals surface area contributed by atoms with Crippen LogP contribution >= 0.6 is 0 Å². The standard InChI is InChI=1S/C44H50N4O5/c1-4-30-5-10-33(11-6-30)34-14-16-35(17-15-34)38-25-45-43(46-26-38)36-12-7-31(8-13-36)27-48(28-42(50)51)44(52)37-18-20-39(21-19-37)47-41(49)24-32-9-22-40(53-3)29(2)23-32/h7-9,12-13,16,18-23,25-26,30,33-34H,4-6,10-11,14-15,17,24,27-28H2,1-3H3,(H,47,49)(H,50,51). The van der Waals surface area contributed by atoms with Crippen molar-refractivity contribution in [3.8, 4) is 17.1 Å². The molecular weight excluding hydrogens is 665 g/mol. The maximum atomic E-state index is 13.5. The Balaban J connectivity index is 1.03. The molecule has 1 atom stereocenters. The summed E-state index contributed by atoms with van der Waals surface area (Å²) in [6.07, 6.45) is 16.8. The van der Waals surface area contributed by atoms with Crippen molar-refractivity contribution < 1.29 is 24.2 Å². The molecule has 1 heterocycles. The Morgan fingerprint density at radius 3 is 2.17 bits per heavy atom. The van der Waals surface area contributed by atoms with E-state index >= 15 is 0 Å². The van der Waals surface area contributed by atoms with Gasteiger partial charge in [-0.2, -0.15) is 0 Å². The van der Waals surface area contributed by atoms with Crippen molar-refractivity contribution in [2.75, 3.05) is 19.0 Å². The van der Waals surface area contributed by atoms with Gasteiger partial charge < -0.3 is 20.1 Å². The van der Waals surface area contributed by atoms with Crippen LogP contribution < -0.4 is 10.1 Å². The SMILES string of the molecule is CCC1CCC(C2CC=C(c3cnc(-c4ccc(CN(CC(=O)O)C(=O)c5ccc(NC(=O)Cc6ccc(OC)c(C)c6)cc5)cc4)nc3)CC2)CC1. The third-order valence-corrected chi connectivity index (χ3v) is 11.0. The summed E-state index contributed by atoms with van der Waals surface area (Å²) in [5, 5.41) is 12.5. The molecule has 276 valence electrons. The van der Waals surface area contributed by atoms with E-state index in [1.165, 1.54) is 49.0 Å². The number of allylic oxidation sites excluding steroid dienone is 2. The van der Waals surface area contributed by atoms with Gasteiger partial charge in [-0.1, -0.05) is 68.7 Å². The number of amides is 2. The summed E-state index contributed by atoms with van der Waals surface area (Å²) in [7, 11) is 1.61. The average molecular weight is 715 g/mol. The largest absolute Gasteiger partial charge is 0.496 e. The zero-order chi connectivity index (χ0) is 37.3. The van der Waals surface area contributed by atoms with E-state index in [1.807, 2.05) is 61.8 Å². The first-order chi connectivity index (χ1) is 25.7. The van der Waals surface area contributed by atoms with Crippen molar-refractivity contribution in [2.24, 2.45) is 17.8 Å². The molecule has 2 amide bonds. The molecule has 0 spiro atoms. The van der Waals surface area contributed by atoms with Gasteiger partial charge in [0.25, 0.3) is 5.91 Å². The number of carbonyl (C=O) groups excluding carboxylic acids is 2. The first-order valence-electron chi connectivity index (χ1n) is 18.8. The lowest BCUT2D eigenvalue weighted by atomic mass is 9.71. The molecule has 0 aliphatic heterocycles. The summed E-state index contributed by atoms with van der Waals surface area (Å²) >= 11 is 0. The second kappa shape index (κ2) is 17.5. The second-order valence-corrected chi connectivity index (χ2v) is 14.6. The molecule has 0 saturated heterocycles. The number of aryl methyl sites for hydroxylation is 1. The molecular formula is C44H50N4O5. The lowest BCUT2D eigenvalue weighted by molar-refractivity contribution is -0.137. The molecule has 6 rings (SSSR count). The van der Waals surface area contributed by atoms with Gasteiger partial charge in [0.15, 0.2) is 5.82 Å². The van der Waals surface area contributed by atoms with Crippen LogP contribution in [0.15, 0.2) is 85.2 Å². The summed E-state index contributed by atoms with van der Waals surface area (Å²) < 4.78 is 5.29. The fraction of sp³-hybridized carbons (Fsp3) is 0.386. The van der Waals surface area contributed by atoms with E-state index in [4.69, 9.17) is 4.74 Å². The Bertz CT molecular complexity index is 1910. The first kappa shape index (κ1) is 37.4. The minimum atomic E-state index is -1.11. The Labute approximate surface area is 312 Å². The fourth-order valence-electron chi connectivity index (χ4n) is 7.92. The number of rotatable bonds is 13. The molecule has 1 fully saturated rings. The van der Waals surface area contributed by atoms with Crippen LogP contribution in [0.1, 0.15) is 90.9 Å². The number of aliphatic carboxylic acids is 1. The van der Waals surface area contributed by atoms with Gasteiger partial charge in [-0.15, -0.1) is 0 Å². The normalized spacial score (nSPS) is 18.5. The van der Waals surface area contributed by atoms with Crippen LogP contribution in [0.25, 0.3) is 17.0 Å². The van der Waals surface area contributed by atoms with Crippen molar-refractivity contribution >= 4 is 29.0 Å². The number of hydrogen-bond donors (Lipinski definition) is 2. The topological polar surface area (TPSA) is 122 Å². The molecule has 0 radical (unpaired) electrons. The van der Waals surface area contributed by atoms with Crippen LogP contribution in [0, 0.1) is 24.7 Å². The van der Waals surface area contributed by atoms with Crippen LogP contribution in [-0.4, -0.2) is 51.4 Å². The maximum Gasteiger partial charge on any atom is 0.323 e. The summed E-state index contributed by atoms with van der Waals surface area (Å²) in [5.74, 6) is 2.27. The van der Waals surface area contributed by atoms with Gasteiger partial charge in [0.05, 0.1) is 13.5 Å². The van der Waals surface area contributed by atoms with Crippen molar-refractivity contribution in [1.82, 2.24) is 14.9 Å². The smallest absolute Gasteiger partial charge is 0.323 e. The number of ether oxygens (including phenoxy) is 1. The van der Waals surface area contributed by atoms with Crippen molar-refractivity contribution in [2.45, 2.75) is 78.2 Å². The summed E-state index contributed by atoms with van der Waals surface area (Å²) in [6, 6.07) is 19.6. The second-order valence-electron chi connectivity index (χ2n) is 14.6. The van der Waals surface area contributed by atoms with E-state index < -0.39 is 18.4 Å². The summed E-state index contributed by atoms with van der Waals surface area (Å²) in [5.41, 5.74) is 6.71. The molecule has 1 aromatic heterocycles. The summed E-state index contributed by atoms with van der Waals surface area (Å²) in [4.78, 5) is 48.5. The number of nitrogens with zero attached hydrogens (tertiary/aromatic N) is 3. The Hall–Kier alpha value is -5.31. The molecule has 4 aromatic rings. The maximum absolute atomic E-state index is 13.5. The van der Waals surface area contributed by atoms with Gasteiger partial charge in [0.1, 0.15) is 12.3 Å². The molecule has 9 heteroatoms. The van der Waals surface area contributed by atoms with Crippen LogP contribution in [0.4, 0.5) is 5.69 Å². The number of carboxylic acid groups (broad SMARTS) is 1. The molecule has 53 heavy (non-hydrogen) atoms. The van der Waals surface area contributed by atoms with Gasteiger partial charge in [-0.3, -0.25) is 14.4 Å². The molecule has 9 nitrogen and oxygen atoms in total. The van der Waals surface area contributed by atoms with Gasteiger partial charge in [-0.25, -0.2) is 9.97 Å². The van der Waals surface area contributed by atoms with Crippen molar-refractivity contribution in [3.05, 3.63) is 113 Å². The predicted octanol–water partition coefficient (Wildman–Crippen LogP) is 8.77. The highest BCUT2D eigenvalue weighted by atomic mass is 16.5. The highest BCUT2D eigenvalue weighted by Gasteiger charge is 2.28. The van der Waals surface area contributed by atoms with E-state index in [0.717, 1.165) is 64.2 Å². The van der Waals surface area contributed by atoms with Crippen LogP contribution in [0.3, 0.4) is 0 Å². The number of carbonyl (C=O) groups is 3. The quantitative estimate of drug-likeness (QED) is 0.142. The number of aromatic nitrogens is 2. The van der Waals surface area contributed by atoms with Gasteiger partial charge >= 0.3 is 5.97 Å². The highest BCUT2D eigenvalue weighted by molar-refractivity contribution is 5.97. The first-order valence-corrected chi connectivity index (χ1v) is 18.8. The predicted molar refractivity (Wildman–Crippen MR) is 207 cm³/mol. The Morgan fingerprint density at radius 1 is 0.868 bits per heavy atom. The highest BCUT2D eigenvalue weighted by Crippen LogP contribution is 2.41. The summed E-state index contributed by atoms with van der Waals surface area (Å²) in [6.45, 7) is 3.90. The van der Waals surface area contributed by atoms with E-state index in [9.17, 15) is 19.5 Å². The third-order valence-electron chi connectivity index (χ3n) is 11.0. The van der Waals surface area contributed by atoms with Crippen LogP contribution in [0.2, 0.25) is 0 Å². The fourth-order valence-corrected chi connectivity index (χ4v) is 7.92. The number of anilines is 1. The molecule has 2 aliphatic rings. The number of methoxy groups -OCH3 is 1. The molecule has 1 saturated carbocycles. The zero-order valence-corrected chi connectivity index (χ0v) is 31.0. The van der Waals surface area contributed by atoms with E-state index in [1.54, 1.807) is 31.4 Å². The van der Waals surface area contributed by atoms with Crippen LogP contribution in [0.5, 0.6) is 5.75 Å². The Morgan fingerprint density at radius 2 is 1.57 bits per heavy atom. The zero-order valence-electron chi connectivity index (χ0n) is 31.0. The van der Waals surface area contributed by atoms with E-state index in [0.29, 0.717) is 17.1 Å². The number of benzene rings is 3. The lowest BCUT2D eigenvalue weighted by Crippen LogP contribution is -2.35. The number of nitrogens with one attached hydrogen (secondary N) is 1. The van der Waals surface area contributed by atoms with Crippen LogP contribution in [-0.2, 0) is 22.6 Å². The molecule has 2 aliphatic carbocycles. The van der Waals surface area contributed by atoms with Crippen molar-refractivity contribution in [1.29, 1.82) is 0 Å². The monoisotopic (exact) mass is 714 g/mol. The molecule has 2 N–H and O–H groups in total. The molecule has 0 bridgehead atoms. The van der Waals surface area contributed by atoms with Gasteiger partial charge in [0.2, 0.25) is 5.91 Å².